The molecule has 12 heteroatoms. The van der Waals surface area contributed by atoms with Gasteiger partial charge in [-0.05, 0) is 60.4 Å². The molecule has 0 bridgehead atoms. The van der Waals surface area contributed by atoms with E-state index in [4.69, 9.17) is 9.11 Å². The highest BCUT2D eigenvalue weighted by molar-refractivity contribution is 7.86. The normalized spacial score (nSPS) is 14.1. The Morgan fingerprint density at radius 3 is 1.34 bits per heavy atom. The fraction of sp³-hybridized carbons (Fsp3) is 0.400. The van der Waals surface area contributed by atoms with Crippen molar-refractivity contribution < 1.29 is 36.2 Å². The third-order valence-electron chi connectivity index (χ3n) is 4.63. The molecule has 0 aromatic heterocycles. The molecule has 0 spiro atoms. The van der Waals surface area contributed by atoms with Crippen molar-refractivity contribution in [3.8, 4) is 11.1 Å². The van der Waals surface area contributed by atoms with Crippen molar-refractivity contribution in [1.82, 2.24) is 0 Å². The molecular weight excluding hydrogens is 460 g/mol. The van der Waals surface area contributed by atoms with Gasteiger partial charge in [-0.25, -0.2) is 0 Å². The molecule has 2 unspecified atom stereocenters. The minimum Gasteiger partial charge on any atom is -0.390 e. The molecule has 0 radical (unpaired) electrons. The van der Waals surface area contributed by atoms with E-state index in [2.05, 4.69) is 10.6 Å². The van der Waals surface area contributed by atoms with Gasteiger partial charge in [0.1, 0.15) is 11.5 Å². The fourth-order valence-electron chi connectivity index (χ4n) is 3.23. The maximum Gasteiger partial charge on any atom is 0.267 e. The zero-order valence-electron chi connectivity index (χ0n) is 17.7. The Hall–Kier alpha value is -2.22. The summed E-state index contributed by atoms with van der Waals surface area (Å²) >= 11 is 0. The maximum atomic E-state index is 10.8. The molecule has 0 heterocycles. The molecule has 6 N–H and O–H groups in total. The zero-order chi connectivity index (χ0) is 24.1. The van der Waals surface area contributed by atoms with Gasteiger partial charge in [0.2, 0.25) is 0 Å². The van der Waals surface area contributed by atoms with Crippen LogP contribution in [-0.2, 0) is 20.2 Å². The number of benzene rings is 2. The van der Waals surface area contributed by atoms with Crippen LogP contribution in [0.1, 0.15) is 11.1 Å². The van der Waals surface area contributed by atoms with E-state index < -0.39 is 43.9 Å². The van der Waals surface area contributed by atoms with E-state index >= 15 is 0 Å². The van der Waals surface area contributed by atoms with Gasteiger partial charge in [0.15, 0.2) is 0 Å². The lowest BCUT2D eigenvalue weighted by atomic mass is 9.96. The predicted octanol–water partition coefficient (Wildman–Crippen LogP) is 1.29. The number of nitrogens with one attached hydrogen (secondary N) is 2. The van der Waals surface area contributed by atoms with Gasteiger partial charge in [0.05, 0.1) is 12.2 Å². The maximum absolute atomic E-state index is 10.8. The van der Waals surface area contributed by atoms with Crippen molar-refractivity contribution in [3.63, 3.8) is 0 Å². The largest absolute Gasteiger partial charge is 0.390 e. The standard InChI is InChI=1S/C20H28N2O8S2/c1-13-7-15(21-9-17(23)11-31(25,26)27)3-5-19(13)20-6-4-16(8-14(20)2)22-10-18(24)12-32(28,29)30/h3-8,17-18,21-24H,9-12H2,1-2H3,(H,25,26,27)(H,28,29,30). The molecule has 2 atom stereocenters. The summed E-state index contributed by atoms with van der Waals surface area (Å²) in [5, 5.41) is 25.2. The van der Waals surface area contributed by atoms with E-state index in [1.165, 1.54) is 0 Å². The Kier molecular flexibility index (Phi) is 8.62. The van der Waals surface area contributed by atoms with Gasteiger partial charge in [-0.15, -0.1) is 0 Å². The molecule has 2 aromatic carbocycles. The first-order valence-electron chi connectivity index (χ1n) is 9.69. The summed E-state index contributed by atoms with van der Waals surface area (Å²) in [6.07, 6.45) is -2.49. The summed E-state index contributed by atoms with van der Waals surface area (Å²) in [5.74, 6) is -1.49. The molecule has 10 nitrogen and oxygen atoms in total. The Morgan fingerprint density at radius 2 is 1.06 bits per heavy atom. The SMILES string of the molecule is Cc1cc(NCC(O)CS(=O)(=O)O)ccc1-c1ccc(NCC(O)CS(=O)(=O)O)cc1C. The van der Waals surface area contributed by atoms with Crippen molar-refractivity contribution in [1.29, 1.82) is 0 Å². The minimum absolute atomic E-state index is 0.0403. The van der Waals surface area contributed by atoms with E-state index in [-0.39, 0.29) is 13.1 Å². The number of anilines is 2. The Balaban J connectivity index is 2.05. The van der Waals surface area contributed by atoms with Crippen LogP contribution in [0.4, 0.5) is 11.4 Å². The van der Waals surface area contributed by atoms with E-state index in [9.17, 15) is 27.0 Å². The first kappa shape index (κ1) is 26.0. The first-order valence-corrected chi connectivity index (χ1v) is 12.9. The quantitative estimate of drug-likeness (QED) is 0.253. The van der Waals surface area contributed by atoms with Gasteiger partial charge in [-0.2, -0.15) is 16.8 Å². The van der Waals surface area contributed by atoms with Crippen molar-refractivity contribution in [2.24, 2.45) is 0 Å². The van der Waals surface area contributed by atoms with Crippen molar-refractivity contribution in [2.75, 3.05) is 35.2 Å². The highest BCUT2D eigenvalue weighted by Crippen LogP contribution is 2.30. The summed E-state index contributed by atoms with van der Waals surface area (Å²) in [5.41, 5.74) is 5.17. The van der Waals surface area contributed by atoms with E-state index in [1.54, 1.807) is 12.1 Å². The number of hydrogen-bond acceptors (Lipinski definition) is 8. The highest BCUT2D eigenvalue weighted by atomic mass is 32.2. The Morgan fingerprint density at radius 1 is 0.719 bits per heavy atom. The lowest BCUT2D eigenvalue weighted by molar-refractivity contribution is 0.207. The van der Waals surface area contributed by atoms with Crippen LogP contribution in [0.15, 0.2) is 36.4 Å². The van der Waals surface area contributed by atoms with Gasteiger partial charge in [-0.3, -0.25) is 9.11 Å². The molecule has 0 saturated carbocycles. The average Bonchev–Trinajstić information content (AvgIpc) is 2.63. The molecule has 0 amide bonds. The Bertz CT molecular complexity index is 1060. The summed E-state index contributed by atoms with van der Waals surface area (Å²) in [6.45, 7) is 3.74. The van der Waals surface area contributed by atoms with E-state index in [0.29, 0.717) is 11.4 Å². The molecule has 2 aromatic rings. The van der Waals surface area contributed by atoms with Crippen molar-refractivity contribution in [3.05, 3.63) is 47.5 Å². The summed E-state index contributed by atoms with van der Waals surface area (Å²) < 4.78 is 60.8. The third-order valence-corrected chi connectivity index (χ3v) is 6.24. The summed E-state index contributed by atoms with van der Waals surface area (Å²) in [4.78, 5) is 0. The van der Waals surface area contributed by atoms with Crippen LogP contribution in [0.2, 0.25) is 0 Å². The van der Waals surface area contributed by atoms with Gasteiger partial charge >= 0.3 is 0 Å². The van der Waals surface area contributed by atoms with Crippen LogP contribution in [0.25, 0.3) is 11.1 Å². The second-order valence-corrected chi connectivity index (χ2v) is 10.6. The number of rotatable bonds is 11. The lowest BCUT2D eigenvalue weighted by Crippen LogP contribution is -2.27. The first-order chi connectivity index (χ1) is 14.7. The second kappa shape index (κ2) is 10.6. The highest BCUT2D eigenvalue weighted by Gasteiger charge is 2.15. The molecule has 0 fully saturated rings. The van der Waals surface area contributed by atoms with Crippen molar-refractivity contribution in [2.45, 2.75) is 26.1 Å². The van der Waals surface area contributed by atoms with Crippen LogP contribution < -0.4 is 10.6 Å². The molecule has 0 saturated heterocycles. The van der Waals surface area contributed by atoms with E-state index in [0.717, 1.165) is 22.3 Å². The molecule has 2 rings (SSSR count). The molecule has 32 heavy (non-hydrogen) atoms. The average molecular weight is 489 g/mol. The van der Waals surface area contributed by atoms with Gasteiger partial charge in [0.25, 0.3) is 20.2 Å². The van der Waals surface area contributed by atoms with Gasteiger partial charge in [0, 0.05) is 24.5 Å². The van der Waals surface area contributed by atoms with Crippen LogP contribution in [0.5, 0.6) is 0 Å². The monoisotopic (exact) mass is 488 g/mol. The molecule has 0 aliphatic heterocycles. The number of hydrogen-bond donors (Lipinski definition) is 6. The predicted molar refractivity (Wildman–Crippen MR) is 123 cm³/mol. The molecular formula is C20H28N2O8S2. The zero-order valence-corrected chi connectivity index (χ0v) is 19.3. The minimum atomic E-state index is -4.25. The van der Waals surface area contributed by atoms with Gasteiger partial charge in [-0.1, -0.05) is 12.1 Å². The van der Waals surface area contributed by atoms with Gasteiger partial charge < -0.3 is 20.8 Å². The summed E-state index contributed by atoms with van der Waals surface area (Å²) in [7, 11) is -8.50. The van der Waals surface area contributed by atoms with Crippen LogP contribution in [0.3, 0.4) is 0 Å². The number of aliphatic hydroxyl groups is 2. The number of aliphatic hydroxyl groups excluding tert-OH is 2. The topological polar surface area (TPSA) is 173 Å². The fourth-order valence-corrected chi connectivity index (χ4v) is 4.44. The molecule has 0 aliphatic rings. The molecule has 0 aliphatic carbocycles. The van der Waals surface area contributed by atoms with E-state index in [1.807, 2.05) is 38.1 Å². The van der Waals surface area contributed by atoms with Crippen LogP contribution >= 0.6 is 0 Å². The van der Waals surface area contributed by atoms with Crippen LogP contribution in [-0.4, -0.2) is 73.0 Å². The van der Waals surface area contributed by atoms with Crippen molar-refractivity contribution >= 4 is 31.6 Å². The summed E-state index contributed by atoms with van der Waals surface area (Å²) in [6, 6.07) is 11.1. The lowest BCUT2D eigenvalue weighted by Gasteiger charge is -2.16. The Labute approximate surface area is 187 Å². The second-order valence-electron chi connectivity index (χ2n) is 7.63. The smallest absolute Gasteiger partial charge is 0.267 e. The molecule has 178 valence electrons. The van der Waals surface area contributed by atoms with Crippen LogP contribution in [0, 0.1) is 13.8 Å². The number of aryl methyl sites for hydroxylation is 2. The third kappa shape index (κ3) is 8.73.